The van der Waals surface area contributed by atoms with E-state index in [9.17, 15) is 0 Å². The molecule has 0 amide bonds. The zero-order chi connectivity index (χ0) is 11.9. The van der Waals surface area contributed by atoms with Crippen LogP contribution in [0, 0.1) is 5.41 Å². The van der Waals surface area contributed by atoms with E-state index in [1.54, 1.807) is 0 Å². The van der Waals surface area contributed by atoms with Crippen LogP contribution in [0.2, 0.25) is 5.02 Å². The molecule has 0 aliphatic heterocycles. The molecular formula is C15H20ClN. The van der Waals surface area contributed by atoms with Crippen molar-refractivity contribution < 1.29 is 0 Å². The smallest absolute Gasteiger partial charge is 0.0408 e. The Labute approximate surface area is 108 Å². The standard InChI is InChI=1S/C15H20ClN/c16-13-5-3-4-12(8-13)15(11-17)9-14(10-15)6-1-2-7-14/h3-5,8H,1-2,6-7,9-11,17H2. The molecule has 2 heteroatoms. The van der Waals surface area contributed by atoms with Gasteiger partial charge in [-0.2, -0.15) is 0 Å². The maximum atomic E-state index is 6.10. The van der Waals surface area contributed by atoms with E-state index in [1.807, 2.05) is 6.07 Å². The topological polar surface area (TPSA) is 26.0 Å². The molecule has 0 radical (unpaired) electrons. The van der Waals surface area contributed by atoms with Gasteiger partial charge in [0.05, 0.1) is 0 Å². The summed E-state index contributed by atoms with van der Waals surface area (Å²) in [6, 6.07) is 8.30. The molecular weight excluding hydrogens is 230 g/mol. The molecule has 2 N–H and O–H groups in total. The van der Waals surface area contributed by atoms with Crippen LogP contribution in [0.1, 0.15) is 44.1 Å². The van der Waals surface area contributed by atoms with Crippen molar-refractivity contribution in [2.75, 3.05) is 6.54 Å². The lowest BCUT2D eigenvalue weighted by atomic mass is 9.50. The number of nitrogens with two attached hydrogens (primary N) is 1. The molecule has 1 aromatic rings. The van der Waals surface area contributed by atoms with Crippen LogP contribution >= 0.6 is 11.6 Å². The predicted molar refractivity (Wildman–Crippen MR) is 72.3 cm³/mol. The lowest BCUT2D eigenvalue weighted by molar-refractivity contribution is 0.0329. The molecule has 0 heterocycles. The summed E-state index contributed by atoms with van der Waals surface area (Å²) < 4.78 is 0. The van der Waals surface area contributed by atoms with Gasteiger partial charge in [-0.15, -0.1) is 0 Å². The first-order valence-electron chi connectivity index (χ1n) is 6.64. The van der Waals surface area contributed by atoms with Gasteiger partial charge in [0.2, 0.25) is 0 Å². The first-order valence-corrected chi connectivity index (χ1v) is 7.02. The van der Waals surface area contributed by atoms with E-state index in [4.69, 9.17) is 17.3 Å². The van der Waals surface area contributed by atoms with Gasteiger partial charge >= 0.3 is 0 Å². The molecule has 0 unspecified atom stereocenters. The summed E-state index contributed by atoms with van der Waals surface area (Å²) >= 11 is 6.10. The van der Waals surface area contributed by atoms with Gasteiger partial charge in [0, 0.05) is 17.0 Å². The second kappa shape index (κ2) is 4.00. The third-order valence-electron chi connectivity index (χ3n) is 4.92. The Morgan fingerprint density at radius 2 is 1.88 bits per heavy atom. The van der Waals surface area contributed by atoms with Gasteiger partial charge in [0.25, 0.3) is 0 Å². The molecule has 2 aliphatic rings. The molecule has 2 fully saturated rings. The van der Waals surface area contributed by atoms with Crippen molar-refractivity contribution in [1.29, 1.82) is 0 Å². The summed E-state index contributed by atoms with van der Waals surface area (Å²) in [7, 11) is 0. The fraction of sp³-hybridized carbons (Fsp3) is 0.600. The highest BCUT2D eigenvalue weighted by molar-refractivity contribution is 6.30. The number of hydrogen-bond donors (Lipinski definition) is 1. The number of rotatable bonds is 2. The highest BCUT2D eigenvalue weighted by atomic mass is 35.5. The molecule has 0 saturated heterocycles. The van der Waals surface area contributed by atoms with Crippen molar-refractivity contribution in [3.8, 4) is 0 Å². The van der Waals surface area contributed by atoms with Gasteiger partial charge < -0.3 is 5.73 Å². The Morgan fingerprint density at radius 3 is 2.47 bits per heavy atom. The number of halogens is 1. The Bertz CT molecular complexity index is 413. The summed E-state index contributed by atoms with van der Waals surface area (Å²) in [4.78, 5) is 0. The van der Waals surface area contributed by atoms with Crippen molar-refractivity contribution in [3.05, 3.63) is 34.9 Å². The summed E-state index contributed by atoms with van der Waals surface area (Å²) in [5, 5.41) is 0.836. The van der Waals surface area contributed by atoms with Gasteiger partial charge in [-0.1, -0.05) is 36.6 Å². The molecule has 3 rings (SSSR count). The van der Waals surface area contributed by atoms with Crippen LogP contribution < -0.4 is 5.73 Å². The Morgan fingerprint density at radius 1 is 1.18 bits per heavy atom. The summed E-state index contributed by atoms with van der Waals surface area (Å²) in [6.07, 6.45) is 8.20. The Hall–Kier alpha value is -0.530. The van der Waals surface area contributed by atoms with Crippen LogP contribution in [-0.4, -0.2) is 6.54 Å². The first-order chi connectivity index (χ1) is 8.18. The van der Waals surface area contributed by atoms with Crippen molar-refractivity contribution >= 4 is 11.6 Å². The van der Waals surface area contributed by atoms with Crippen molar-refractivity contribution in [2.24, 2.45) is 11.1 Å². The second-order valence-electron chi connectivity index (χ2n) is 6.06. The quantitative estimate of drug-likeness (QED) is 0.846. The van der Waals surface area contributed by atoms with Crippen molar-refractivity contribution in [3.63, 3.8) is 0 Å². The first kappa shape index (κ1) is 11.6. The van der Waals surface area contributed by atoms with E-state index in [0.29, 0.717) is 5.41 Å². The molecule has 2 saturated carbocycles. The third-order valence-corrected chi connectivity index (χ3v) is 5.15. The minimum atomic E-state index is 0.217. The molecule has 1 aromatic carbocycles. The maximum absolute atomic E-state index is 6.10. The van der Waals surface area contributed by atoms with Gasteiger partial charge in [0.1, 0.15) is 0 Å². The molecule has 2 aliphatic carbocycles. The van der Waals surface area contributed by atoms with Gasteiger partial charge in [-0.3, -0.25) is 0 Å². The normalized spacial score (nSPS) is 24.8. The Kier molecular flexibility index (Phi) is 2.72. The fourth-order valence-electron chi connectivity index (χ4n) is 4.15. The Balaban J connectivity index is 1.85. The molecule has 92 valence electrons. The second-order valence-corrected chi connectivity index (χ2v) is 6.49. The fourth-order valence-corrected chi connectivity index (χ4v) is 4.34. The molecule has 1 nitrogen and oxygen atoms in total. The van der Waals surface area contributed by atoms with Crippen LogP contribution in [0.3, 0.4) is 0 Å². The summed E-state index contributed by atoms with van der Waals surface area (Å²) in [5.74, 6) is 0. The minimum Gasteiger partial charge on any atom is -0.330 e. The van der Waals surface area contributed by atoms with E-state index in [-0.39, 0.29) is 5.41 Å². The van der Waals surface area contributed by atoms with Crippen molar-refractivity contribution in [2.45, 2.75) is 43.9 Å². The summed E-state index contributed by atoms with van der Waals surface area (Å²) in [6.45, 7) is 0.759. The van der Waals surface area contributed by atoms with Gasteiger partial charge in [0.15, 0.2) is 0 Å². The third kappa shape index (κ3) is 1.80. The SMILES string of the molecule is NCC1(c2cccc(Cl)c2)CC2(CCCC2)C1. The van der Waals surface area contributed by atoms with Crippen LogP contribution in [0.5, 0.6) is 0 Å². The largest absolute Gasteiger partial charge is 0.330 e. The average Bonchev–Trinajstić information content (AvgIpc) is 2.75. The molecule has 0 aromatic heterocycles. The van der Waals surface area contributed by atoms with E-state index >= 15 is 0 Å². The van der Waals surface area contributed by atoms with Crippen LogP contribution in [-0.2, 0) is 5.41 Å². The molecule has 0 bridgehead atoms. The van der Waals surface area contributed by atoms with E-state index in [0.717, 1.165) is 11.6 Å². The van der Waals surface area contributed by atoms with E-state index in [1.165, 1.54) is 44.1 Å². The zero-order valence-electron chi connectivity index (χ0n) is 10.2. The average molecular weight is 250 g/mol. The van der Waals surface area contributed by atoms with Crippen LogP contribution in [0.4, 0.5) is 0 Å². The maximum Gasteiger partial charge on any atom is 0.0408 e. The van der Waals surface area contributed by atoms with E-state index < -0.39 is 0 Å². The van der Waals surface area contributed by atoms with Crippen molar-refractivity contribution in [1.82, 2.24) is 0 Å². The minimum absolute atomic E-state index is 0.217. The van der Waals surface area contributed by atoms with Gasteiger partial charge in [-0.25, -0.2) is 0 Å². The highest BCUT2D eigenvalue weighted by Gasteiger charge is 2.54. The zero-order valence-corrected chi connectivity index (χ0v) is 11.0. The monoisotopic (exact) mass is 249 g/mol. The lowest BCUT2D eigenvalue weighted by Crippen LogP contribution is -2.52. The highest BCUT2D eigenvalue weighted by Crippen LogP contribution is 2.62. The van der Waals surface area contributed by atoms with Gasteiger partial charge in [-0.05, 0) is 48.8 Å². The predicted octanol–water partition coefficient (Wildman–Crippen LogP) is 3.89. The lowest BCUT2D eigenvalue weighted by Gasteiger charge is -2.55. The van der Waals surface area contributed by atoms with Crippen LogP contribution in [0.15, 0.2) is 24.3 Å². The number of benzene rings is 1. The van der Waals surface area contributed by atoms with Crippen LogP contribution in [0.25, 0.3) is 0 Å². The molecule has 17 heavy (non-hydrogen) atoms. The van der Waals surface area contributed by atoms with E-state index in [2.05, 4.69) is 18.2 Å². The number of hydrogen-bond acceptors (Lipinski definition) is 1. The summed E-state index contributed by atoms with van der Waals surface area (Å²) in [5.41, 5.74) is 8.25. The molecule has 0 atom stereocenters. The molecule has 1 spiro atoms.